The average Bonchev–Trinajstić information content (AvgIpc) is 2.34. The van der Waals surface area contributed by atoms with Gasteiger partial charge in [0.2, 0.25) is 0 Å². The summed E-state index contributed by atoms with van der Waals surface area (Å²) in [7, 11) is 1.87. The molecule has 1 unspecified atom stereocenters. The zero-order valence-electron chi connectivity index (χ0n) is 11.9. The van der Waals surface area contributed by atoms with Crippen LogP contribution in [0.15, 0.2) is 11.2 Å². The molecule has 6 heteroatoms. The van der Waals surface area contributed by atoms with Crippen molar-refractivity contribution in [3.8, 4) is 0 Å². The second-order valence-corrected chi connectivity index (χ2v) is 4.82. The molecule has 19 heavy (non-hydrogen) atoms. The van der Waals surface area contributed by atoms with Crippen molar-refractivity contribution in [1.29, 1.82) is 0 Å². The predicted octanol–water partition coefficient (Wildman–Crippen LogP) is 1.00. The third-order valence-electron chi connectivity index (χ3n) is 2.93. The lowest BCUT2D eigenvalue weighted by molar-refractivity contribution is 0.187. The van der Waals surface area contributed by atoms with E-state index in [4.69, 9.17) is 10.9 Å². The van der Waals surface area contributed by atoms with E-state index >= 15 is 0 Å². The number of aryl methyl sites for hydroxylation is 2. The topological polar surface area (TPSA) is 95.0 Å². The fourth-order valence-corrected chi connectivity index (χ4v) is 1.95. The van der Waals surface area contributed by atoms with Gasteiger partial charge in [-0.05, 0) is 38.8 Å². The molecule has 106 valence electrons. The van der Waals surface area contributed by atoms with Crippen LogP contribution in [0, 0.1) is 13.8 Å². The number of anilines is 1. The van der Waals surface area contributed by atoms with Crippen LogP contribution >= 0.6 is 0 Å². The minimum atomic E-state index is -0.374. The fraction of sp³-hybridized carbons (Fsp3) is 0.538. The van der Waals surface area contributed by atoms with E-state index in [0.717, 1.165) is 11.3 Å². The first-order chi connectivity index (χ1) is 8.86. The maximum Gasteiger partial charge on any atom is 0.174 e. The van der Waals surface area contributed by atoms with Crippen LogP contribution in [0.1, 0.15) is 30.2 Å². The van der Waals surface area contributed by atoms with Crippen molar-refractivity contribution in [3.63, 3.8) is 0 Å². The third kappa shape index (κ3) is 3.82. The number of amidine groups is 1. The van der Waals surface area contributed by atoms with Crippen LogP contribution in [0.2, 0.25) is 0 Å². The van der Waals surface area contributed by atoms with Gasteiger partial charge < -0.3 is 20.9 Å². The van der Waals surface area contributed by atoms with Gasteiger partial charge in [0.1, 0.15) is 5.82 Å². The molecule has 0 saturated carbocycles. The lowest BCUT2D eigenvalue weighted by atomic mass is 10.1. The Labute approximate surface area is 113 Å². The molecule has 0 spiro atoms. The summed E-state index contributed by atoms with van der Waals surface area (Å²) in [5.74, 6) is 0.706. The maximum atomic E-state index is 9.35. The van der Waals surface area contributed by atoms with Crippen molar-refractivity contribution in [2.24, 2.45) is 10.9 Å². The van der Waals surface area contributed by atoms with Gasteiger partial charge in [-0.15, -0.1) is 0 Å². The molecule has 0 radical (unpaired) electrons. The van der Waals surface area contributed by atoms with E-state index in [2.05, 4.69) is 10.1 Å². The zero-order valence-corrected chi connectivity index (χ0v) is 11.9. The number of nitrogens with zero attached hydrogens (tertiary/aromatic N) is 3. The second-order valence-electron chi connectivity index (χ2n) is 4.82. The first-order valence-electron chi connectivity index (χ1n) is 6.22. The highest BCUT2D eigenvalue weighted by atomic mass is 16.4. The van der Waals surface area contributed by atoms with Gasteiger partial charge in [0.25, 0.3) is 0 Å². The maximum absolute atomic E-state index is 9.35. The number of aliphatic hydroxyl groups is 1. The molecular weight excluding hydrogens is 244 g/mol. The summed E-state index contributed by atoms with van der Waals surface area (Å²) in [4.78, 5) is 6.36. The van der Waals surface area contributed by atoms with Gasteiger partial charge in [-0.25, -0.2) is 4.98 Å². The molecule has 1 rings (SSSR count). The Morgan fingerprint density at radius 3 is 2.68 bits per heavy atom. The molecular formula is C13H22N4O2. The minimum Gasteiger partial charge on any atom is -0.409 e. The first kappa shape index (κ1) is 15.2. The molecule has 0 bridgehead atoms. The molecule has 0 aromatic carbocycles. The molecule has 6 nitrogen and oxygen atoms in total. The van der Waals surface area contributed by atoms with Crippen LogP contribution in [0.3, 0.4) is 0 Å². The van der Waals surface area contributed by atoms with E-state index in [1.807, 2.05) is 31.9 Å². The Morgan fingerprint density at radius 1 is 1.53 bits per heavy atom. The summed E-state index contributed by atoms with van der Waals surface area (Å²) < 4.78 is 0. The lowest BCUT2D eigenvalue weighted by Crippen LogP contribution is -2.27. The highest BCUT2D eigenvalue weighted by molar-refractivity contribution is 6.02. The number of hydrogen-bond acceptors (Lipinski definition) is 5. The summed E-state index contributed by atoms with van der Waals surface area (Å²) in [5.41, 5.74) is 8.12. The Hall–Kier alpha value is -1.82. The van der Waals surface area contributed by atoms with Crippen molar-refractivity contribution < 1.29 is 10.3 Å². The van der Waals surface area contributed by atoms with E-state index in [0.29, 0.717) is 24.3 Å². The van der Waals surface area contributed by atoms with Gasteiger partial charge in [0.15, 0.2) is 5.84 Å². The number of hydrogen-bond donors (Lipinski definition) is 3. The average molecular weight is 266 g/mol. The predicted molar refractivity (Wildman–Crippen MR) is 75.8 cm³/mol. The zero-order chi connectivity index (χ0) is 14.6. The van der Waals surface area contributed by atoms with E-state index in [1.165, 1.54) is 0 Å². The summed E-state index contributed by atoms with van der Waals surface area (Å²) in [6, 6.07) is 1.89. The first-order valence-corrected chi connectivity index (χ1v) is 6.22. The number of rotatable bonds is 5. The van der Waals surface area contributed by atoms with E-state index in [-0.39, 0.29) is 11.9 Å². The molecule has 1 aromatic rings. The van der Waals surface area contributed by atoms with Crippen LogP contribution in [0.4, 0.5) is 5.82 Å². The molecule has 0 fully saturated rings. The second kappa shape index (κ2) is 6.38. The standard InChI is InChI=1S/C13H22N4O2/c1-8-7-9(2)15-13(11(8)12(14)16-19)17(4)6-5-10(3)18/h7,10,18-19H,5-6H2,1-4H3,(H2,14,16). The summed E-state index contributed by atoms with van der Waals surface area (Å²) in [6.45, 7) is 6.18. The van der Waals surface area contributed by atoms with Gasteiger partial charge in [-0.3, -0.25) is 0 Å². The minimum absolute atomic E-state index is 0.0453. The fourth-order valence-electron chi connectivity index (χ4n) is 1.95. The Balaban J connectivity index is 3.17. The largest absolute Gasteiger partial charge is 0.409 e. The molecule has 1 aromatic heterocycles. The number of pyridine rings is 1. The molecule has 4 N–H and O–H groups in total. The molecule has 1 heterocycles. The van der Waals surface area contributed by atoms with Crippen molar-refractivity contribution in [2.45, 2.75) is 33.3 Å². The van der Waals surface area contributed by atoms with Gasteiger partial charge in [-0.1, -0.05) is 5.16 Å². The summed E-state index contributed by atoms with van der Waals surface area (Å²) in [6.07, 6.45) is 0.251. The van der Waals surface area contributed by atoms with Gasteiger partial charge in [-0.2, -0.15) is 0 Å². The van der Waals surface area contributed by atoms with Gasteiger partial charge >= 0.3 is 0 Å². The van der Waals surface area contributed by atoms with Gasteiger partial charge in [0.05, 0.1) is 11.7 Å². The highest BCUT2D eigenvalue weighted by Crippen LogP contribution is 2.22. The smallest absolute Gasteiger partial charge is 0.174 e. The Morgan fingerprint density at radius 2 is 2.16 bits per heavy atom. The van der Waals surface area contributed by atoms with Crippen LogP contribution in [0.25, 0.3) is 0 Å². The number of nitrogens with two attached hydrogens (primary N) is 1. The van der Waals surface area contributed by atoms with Crippen LogP contribution < -0.4 is 10.6 Å². The van der Waals surface area contributed by atoms with E-state index in [9.17, 15) is 5.11 Å². The summed E-state index contributed by atoms with van der Waals surface area (Å²) in [5, 5.41) is 21.3. The molecule has 0 aliphatic rings. The number of oxime groups is 1. The van der Waals surface area contributed by atoms with Crippen molar-refractivity contribution in [2.75, 3.05) is 18.5 Å². The lowest BCUT2D eigenvalue weighted by Gasteiger charge is -2.23. The SMILES string of the molecule is Cc1cc(C)c(/C(N)=N/O)c(N(C)CCC(C)O)n1. The molecule has 0 aliphatic heterocycles. The molecule has 0 amide bonds. The molecule has 0 saturated heterocycles. The third-order valence-corrected chi connectivity index (χ3v) is 2.93. The van der Waals surface area contributed by atoms with Crippen molar-refractivity contribution >= 4 is 11.7 Å². The van der Waals surface area contributed by atoms with E-state index in [1.54, 1.807) is 6.92 Å². The Bertz CT molecular complexity index is 472. The highest BCUT2D eigenvalue weighted by Gasteiger charge is 2.16. The normalized spacial score (nSPS) is 13.4. The quantitative estimate of drug-likeness (QED) is 0.320. The van der Waals surface area contributed by atoms with Crippen molar-refractivity contribution in [1.82, 2.24) is 4.98 Å². The van der Waals surface area contributed by atoms with Crippen molar-refractivity contribution in [3.05, 3.63) is 22.9 Å². The molecule has 0 aliphatic carbocycles. The van der Waals surface area contributed by atoms with Gasteiger partial charge in [0, 0.05) is 19.3 Å². The van der Waals surface area contributed by atoms with Crippen LogP contribution in [-0.2, 0) is 0 Å². The van der Waals surface area contributed by atoms with Crippen LogP contribution in [0.5, 0.6) is 0 Å². The summed E-state index contributed by atoms with van der Waals surface area (Å²) >= 11 is 0. The monoisotopic (exact) mass is 266 g/mol. The van der Waals surface area contributed by atoms with E-state index < -0.39 is 0 Å². The Kier molecular flexibility index (Phi) is 5.11. The number of aromatic nitrogens is 1. The van der Waals surface area contributed by atoms with Crippen LogP contribution in [-0.4, -0.2) is 40.8 Å². The number of aliphatic hydroxyl groups excluding tert-OH is 1. The molecule has 1 atom stereocenters.